The Bertz CT molecular complexity index is 923. The van der Waals surface area contributed by atoms with Crippen LogP contribution in [0.3, 0.4) is 0 Å². The molecule has 1 aliphatic rings. The van der Waals surface area contributed by atoms with Crippen molar-refractivity contribution in [2.24, 2.45) is 0 Å². The van der Waals surface area contributed by atoms with Crippen molar-refractivity contribution in [2.75, 3.05) is 29.7 Å². The van der Waals surface area contributed by atoms with Gasteiger partial charge in [0, 0.05) is 18.4 Å². The molecule has 0 aromatic heterocycles. The van der Waals surface area contributed by atoms with Gasteiger partial charge in [0.2, 0.25) is 5.91 Å². The molecule has 0 atom stereocenters. The van der Waals surface area contributed by atoms with E-state index in [1.807, 2.05) is 35.7 Å². The molecule has 1 N–H and O–H groups in total. The van der Waals surface area contributed by atoms with Gasteiger partial charge in [-0.05, 0) is 66.3 Å². The Morgan fingerprint density at radius 1 is 1.14 bits per heavy atom. The number of nitrogens with one attached hydrogen (secondary N) is 1. The molecule has 5 nitrogen and oxygen atoms in total. The van der Waals surface area contributed by atoms with E-state index >= 15 is 0 Å². The molecule has 8 heteroatoms. The molecule has 0 radical (unpaired) electrons. The molecule has 0 aliphatic carbocycles. The van der Waals surface area contributed by atoms with Crippen LogP contribution in [0.1, 0.15) is 29.4 Å². The van der Waals surface area contributed by atoms with Gasteiger partial charge in [-0.2, -0.15) is 0 Å². The molecule has 0 spiro atoms. The smallest absolute Gasteiger partial charge is 0.224 e. The third-order valence-corrected chi connectivity index (χ3v) is 8.48. The first-order valence-corrected chi connectivity index (χ1v) is 13.5. The van der Waals surface area contributed by atoms with Crippen LogP contribution < -0.4 is 10.1 Å². The molecule has 29 heavy (non-hydrogen) atoms. The molecule has 1 heterocycles. The predicted octanol–water partition coefficient (Wildman–Crippen LogP) is 4.76. The topological polar surface area (TPSA) is 72.5 Å². The minimum absolute atomic E-state index is 0.0397. The summed E-state index contributed by atoms with van der Waals surface area (Å²) in [7, 11) is -3.21. The maximum atomic E-state index is 12.2. The highest BCUT2D eigenvalue weighted by Gasteiger charge is 2.17. The second-order valence-electron chi connectivity index (χ2n) is 6.80. The second kappa shape index (κ2) is 10.4. The largest absolute Gasteiger partial charge is 0.494 e. The van der Waals surface area contributed by atoms with Crippen LogP contribution in [0.5, 0.6) is 5.75 Å². The normalized spacial score (nSPS) is 15.1. The molecule has 2 aromatic rings. The predicted molar refractivity (Wildman–Crippen MR) is 122 cm³/mol. The van der Waals surface area contributed by atoms with Crippen LogP contribution in [-0.4, -0.2) is 38.7 Å². The van der Waals surface area contributed by atoms with Crippen molar-refractivity contribution in [3.8, 4) is 5.75 Å². The molecule has 1 aliphatic heterocycles. The van der Waals surface area contributed by atoms with E-state index in [0.29, 0.717) is 29.8 Å². The first-order chi connectivity index (χ1) is 13.9. The lowest BCUT2D eigenvalue weighted by Crippen LogP contribution is -2.13. The Kier molecular flexibility index (Phi) is 7.91. The van der Waals surface area contributed by atoms with Gasteiger partial charge in [0.05, 0.1) is 16.1 Å². The summed E-state index contributed by atoms with van der Waals surface area (Å²) in [6.45, 7) is 0.390. The third-order valence-electron chi connectivity index (χ3n) is 4.34. The second-order valence-corrected chi connectivity index (χ2v) is 11.5. The van der Waals surface area contributed by atoms with Crippen molar-refractivity contribution in [3.05, 3.63) is 54.1 Å². The van der Waals surface area contributed by atoms with Crippen molar-refractivity contribution in [2.45, 2.75) is 28.7 Å². The number of ether oxygens (including phenoxy) is 1. The van der Waals surface area contributed by atoms with Gasteiger partial charge in [-0.25, -0.2) is 8.42 Å². The molecular formula is C21H25NO4S3. The molecule has 1 amide bonds. The van der Waals surface area contributed by atoms with E-state index in [0.717, 1.165) is 5.69 Å². The van der Waals surface area contributed by atoms with Crippen molar-refractivity contribution in [1.29, 1.82) is 0 Å². The number of carbonyl (C=O) groups is 1. The van der Waals surface area contributed by atoms with Crippen molar-refractivity contribution in [3.63, 3.8) is 0 Å². The van der Waals surface area contributed by atoms with E-state index in [9.17, 15) is 13.2 Å². The Balaban J connectivity index is 1.42. The average Bonchev–Trinajstić information content (AvgIpc) is 2.72. The minimum atomic E-state index is -3.21. The van der Waals surface area contributed by atoms with Gasteiger partial charge < -0.3 is 10.1 Å². The highest BCUT2D eigenvalue weighted by molar-refractivity contribution is 8.16. The highest BCUT2D eigenvalue weighted by Crippen LogP contribution is 2.44. The van der Waals surface area contributed by atoms with Gasteiger partial charge in [0.15, 0.2) is 9.84 Å². The molecule has 0 unspecified atom stereocenters. The van der Waals surface area contributed by atoms with Gasteiger partial charge in [-0.3, -0.25) is 4.79 Å². The minimum Gasteiger partial charge on any atom is -0.494 e. The Morgan fingerprint density at radius 2 is 1.86 bits per heavy atom. The number of carbonyl (C=O) groups excluding carboxylic acids is 1. The van der Waals surface area contributed by atoms with E-state index in [1.54, 1.807) is 12.1 Å². The molecule has 0 bridgehead atoms. The van der Waals surface area contributed by atoms with E-state index in [-0.39, 0.29) is 10.8 Å². The van der Waals surface area contributed by atoms with Crippen molar-refractivity contribution < 1.29 is 17.9 Å². The lowest BCUT2D eigenvalue weighted by molar-refractivity contribution is -0.116. The van der Waals surface area contributed by atoms with Gasteiger partial charge in [-0.15, -0.1) is 23.5 Å². The summed E-state index contributed by atoms with van der Waals surface area (Å²) in [6.07, 6.45) is 3.36. The number of hydrogen-bond donors (Lipinski definition) is 1. The summed E-state index contributed by atoms with van der Waals surface area (Å²) in [5.74, 6) is 2.92. The third kappa shape index (κ3) is 6.97. The summed E-state index contributed by atoms with van der Waals surface area (Å²) in [5, 5.41) is 2.96. The molecule has 0 saturated carbocycles. The number of benzene rings is 2. The zero-order chi connectivity index (χ0) is 20.7. The molecular weight excluding hydrogens is 426 g/mol. The van der Waals surface area contributed by atoms with Crippen LogP contribution in [0, 0.1) is 0 Å². The van der Waals surface area contributed by atoms with Crippen LogP contribution in [0.4, 0.5) is 5.69 Å². The number of amides is 1. The average molecular weight is 452 g/mol. The fraction of sp³-hybridized carbons (Fsp3) is 0.381. The lowest BCUT2D eigenvalue weighted by atomic mass is 10.2. The molecule has 2 aromatic carbocycles. The highest BCUT2D eigenvalue weighted by atomic mass is 32.2. The summed E-state index contributed by atoms with van der Waals surface area (Å²) >= 11 is 3.92. The molecule has 156 valence electrons. The zero-order valence-electron chi connectivity index (χ0n) is 16.3. The Hall–Kier alpha value is -1.64. The molecule has 3 rings (SSSR count). The number of hydrogen-bond acceptors (Lipinski definition) is 6. The monoisotopic (exact) mass is 451 g/mol. The maximum Gasteiger partial charge on any atom is 0.224 e. The van der Waals surface area contributed by atoms with E-state index in [2.05, 4.69) is 17.4 Å². The van der Waals surface area contributed by atoms with Crippen LogP contribution >= 0.6 is 23.5 Å². The standard InChI is InChI=1S/C21H25NO4S3/c1-29(24,25)19-10-8-18(9-11-19)26-12-3-7-20(23)22-17-6-2-5-16(15-17)21-27-13-4-14-28-21/h2,5-6,8-11,15,21H,3-4,7,12-14H2,1H3,(H,22,23). The summed E-state index contributed by atoms with van der Waals surface area (Å²) in [5.41, 5.74) is 2.08. The zero-order valence-corrected chi connectivity index (χ0v) is 18.7. The van der Waals surface area contributed by atoms with Gasteiger partial charge in [-0.1, -0.05) is 12.1 Å². The van der Waals surface area contributed by atoms with E-state index in [1.165, 1.54) is 41.9 Å². The maximum absolute atomic E-state index is 12.2. The summed E-state index contributed by atoms with van der Waals surface area (Å²) in [4.78, 5) is 12.5. The molecule has 1 saturated heterocycles. The van der Waals surface area contributed by atoms with Crippen molar-refractivity contribution >= 4 is 45.0 Å². The number of sulfone groups is 1. The first-order valence-electron chi connectivity index (χ1n) is 9.48. The van der Waals surface area contributed by atoms with Crippen LogP contribution in [0.25, 0.3) is 0 Å². The fourth-order valence-electron chi connectivity index (χ4n) is 2.87. The van der Waals surface area contributed by atoms with E-state index < -0.39 is 9.84 Å². The van der Waals surface area contributed by atoms with E-state index in [4.69, 9.17) is 4.74 Å². The lowest BCUT2D eigenvalue weighted by Gasteiger charge is -2.21. The fourth-order valence-corrected chi connectivity index (χ4v) is 6.38. The van der Waals surface area contributed by atoms with Gasteiger partial charge in [0.1, 0.15) is 5.75 Å². The quantitative estimate of drug-likeness (QED) is 0.584. The SMILES string of the molecule is CS(=O)(=O)c1ccc(OCCCC(=O)Nc2cccc(C3SCCCS3)c2)cc1. The Morgan fingerprint density at radius 3 is 2.55 bits per heavy atom. The Labute approximate surface area is 180 Å². The van der Waals surface area contributed by atoms with Crippen LogP contribution in [-0.2, 0) is 14.6 Å². The van der Waals surface area contributed by atoms with Gasteiger partial charge in [0.25, 0.3) is 0 Å². The van der Waals surface area contributed by atoms with Crippen LogP contribution in [0.2, 0.25) is 0 Å². The first kappa shape index (κ1) is 22.1. The molecule has 1 fully saturated rings. The number of anilines is 1. The summed E-state index contributed by atoms with van der Waals surface area (Å²) < 4.78 is 28.9. The van der Waals surface area contributed by atoms with Gasteiger partial charge >= 0.3 is 0 Å². The number of rotatable bonds is 8. The van der Waals surface area contributed by atoms with Crippen molar-refractivity contribution in [1.82, 2.24) is 0 Å². The van der Waals surface area contributed by atoms with Crippen LogP contribution in [0.15, 0.2) is 53.4 Å². The number of thioether (sulfide) groups is 2. The summed E-state index contributed by atoms with van der Waals surface area (Å²) in [6, 6.07) is 14.4.